The van der Waals surface area contributed by atoms with E-state index >= 15 is 0 Å². The van der Waals surface area contributed by atoms with Crippen LogP contribution in [0.5, 0.6) is 5.75 Å². The summed E-state index contributed by atoms with van der Waals surface area (Å²) in [5.41, 5.74) is 1.72. The number of ether oxygens (including phenoxy) is 1. The molecule has 0 aliphatic carbocycles. The van der Waals surface area contributed by atoms with Crippen molar-refractivity contribution in [2.45, 2.75) is 51.9 Å². The fourth-order valence-electron chi connectivity index (χ4n) is 4.46. The second-order valence-corrected chi connectivity index (χ2v) is 11.6. The molecule has 0 aliphatic rings. The molecular weight excluding hydrogens is 566 g/mol. The SMILES string of the molecule is CC(C)(C)c1ccc(CN(CCc2cccc(OCc3ccccc3)c2)C(=O)c2cc(C(F)(F)F)cc(Cl)c2F)cc1. The monoisotopic (exact) mass is 597 g/mol. The van der Waals surface area contributed by atoms with Crippen LogP contribution >= 0.6 is 11.6 Å². The standard InChI is InChI=1S/C34H32ClF4NO2/c1-33(2,3)26-14-12-24(13-15-26)21-40(32(41)29-19-27(34(37,38)39)20-30(35)31(29)36)17-16-23-10-7-11-28(18-23)42-22-25-8-5-4-6-9-25/h4-15,18-20H,16-17,21-22H2,1-3H3. The molecule has 0 bridgehead atoms. The van der Waals surface area contributed by atoms with Crippen LogP contribution in [0.3, 0.4) is 0 Å². The zero-order chi connectivity index (χ0) is 30.5. The van der Waals surface area contributed by atoms with Crippen LogP contribution in [0, 0.1) is 5.82 Å². The molecule has 42 heavy (non-hydrogen) atoms. The number of hydrogen-bond donors (Lipinski definition) is 0. The fraction of sp³-hybridized carbons (Fsp3) is 0.265. The van der Waals surface area contributed by atoms with Crippen molar-refractivity contribution < 1.29 is 27.1 Å². The zero-order valence-electron chi connectivity index (χ0n) is 23.6. The summed E-state index contributed by atoms with van der Waals surface area (Å²) in [6, 6.07) is 25.7. The van der Waals surface area contributed by atoms with Gasteiger partial charge in [-0.25, -0.2) is 4.39 Å². The molecule has 0 fully saturated rings. The Bertz CT molecular complexity index is 1510. The number of amides is 1. The van der Waals surface area contributed by atoms with Crippen LogP contribution in [-0.4, -0.2) is 17.4 Å². The second-order valence-electron chi connectivity index (χ2n) is 11.2. The average Bonchev–Trinajstić information content (AvgIpc) is 2.95. The third-order valence-corrected chi connectivity index (χ3v) is 7.16. The third-order valence-electron chi connectivity index (χ3n) is 6.88. The van der Waals surface area contributed by atoms with E-state index < -0.39 is 34.1 Å². The lowest BCUT2D eigenvalue weighted by atomic mass is 9.87. The summed E-state index contributed by atoms with van der Waals surface area (Å²) in [5.74, 6) is -1.42. The number of benzene rings is 4. The summed E-state index contributed by atoms with van der Waals surface area (Å²) in [4.78, 5) is 15.0. The van der Waals surface area contributed by atoms with Crippen molar-refractivity contribution in [3.63, 3.8) is 0 Å². The van der Waals surface area contributed by atoms with E-state index in [9.17, 15) is 22.4 Å². The van der Waals surface area contributed by atoms with Gasteiger partial charge in [0, 0.05) is 13.1 Å². The van der Waals surface area contributed by atoms with Crippen molar-refractivity contribution >= 4 is 17.5 Å². The molecule has 0 N–H and O–H groups in total. The third kappa shape index (κ3) is 8.13. The van der Waals surface area contributed by atoms with E-state index in [-0.39, 0.29) is 18.5 Å². The minimum absolute atomic E-state index is 0.0702. The van der Waals surface area contributed by atoms with Gasteiger partial charge in [-0.15, -0.1) is 0 Å². The first-order valence-corrected chi connectivity index (χ1v) is 13.9. The Hall–Kier alpha value is -3.84. The Morgan fingerprint density at radius 1 is 0.810 bits per heavy atom. The molecule has 4 rings (SSSR count). The smallest absolute Gasteiger partial charge is 0.416 e. The fourth-order valence-corrected chi connectivity index (χ4v) is 4.68. The quantitative estimate of drug-likeness (QED) is 0.180. The highest BCUT2D eigenvalue weighted by Gasteiger charge is 2.34. The van der Waals surface area contributed by atoms with Gasteiger partial charge in [-0.3, -0.25) is 4.79 Å². The summed E-state index contributed by atoms with van der Waals surface area (Å²) in [6.07, 6.45) is -4.43. The Morgan fingerprint density at radius 3 is 2.12 bits per heavy atom. The van der Waals surface area contributed by atoms with Crippen LogP contribution in [0.25, 0.3) is 0 Å². The van der Waals surface area contributed by atoms with Gasteiger partial charge >= 0.3 is 6.18 Å². The average molecular weight is 598 g/mol. The Morgan fingerprint density at radius 2 is 1.48 bits per heavy atom. The molecule has 0 unspecified atom stereocenters. The number of carbonyl (C=O) groups excluding carboxylic acids is 1. The summed E-state index contributed by atoms with van der Waals surface area (Å²) in [5, 5.41) is -0.758. The number of nitrogens with zero attached hydrogens (tertiary/aromatic N) is 1. The van der Waals surface area contributed by atoms with Crippen molar-refractivity contribution in [2.24, 2.45) is 0 Å². The maximum Gasteiger partial charge on any atom is 0.416 e. The molecule has 3 nitrogen and oxygen atoms in total. The van der Waals surface area contributed by atoms with Crippen molar-refractivity contribution in [3.8, 4) is 5.75 Å². The molecule has 4 aromatic rings. The molecule has 0 heterocycles. The van der Waals surface area contributed by atoms with Gasteiger partial charge in [0.2, 0.25) is 0 Å². The first-order chi connectivity index (χ1) is 19.8. The van der Waals surface area contributed by atoms with E-state index in [1.165, 1.54) is 4.90 Å². The number of hydrogen-bond acceptors (Lipinski definition) is 2. The van der Waals surface area contributed by atoms with Crippen molar-refractivity contribution in [2.75, 3.05) is 6.54 Å². The van der Waals surface area contributed by atoms with E-state index in [1.54, 1.807) is 0 Å². The summed E-state index contributed by atoms with van der Waals surface area (Å²) < 4.78 is 61.4. The second kappa shape index (κ2) is 13.0. The maximum absolute atomic E-state index is 15.0. The lowest BCUT2D eigenvalue weighted by Gasteiger charge is -2.25. The molecule has 8 heteroatoms. The van der Waals surface area contributed by atoms with E-state index in [0.717, 1.165) is 22.3 Å². The lowest BCUT2D eigenvalue weighted by molar-refractivity contribution is -0.137. The molecule has 4 aromatic carbocycles. The highest BCUT2D eigenvalue weighted by Crippen LogP contribution is 2.34. The van der Waals surface area contributed by atoms with E-state index in [1.807, 2.05) is 78.9 Å². The molecule has 0 aliphatic heterocycles. The molecule has 0 atom stereocenters. The topological polar surface area (TPSA) is 29.5 Å². The molecule has 0 saturated heterocycles. The van der Waals surface area contributed by atoms with Crippen LogP contribution in [0.2, 0.25) is 5.02 Å². The van der Waals surface area contributed by atoms with Gasteiger partial charge in [0.1, 0.15) is 12.4 Å². The normalized spacial score (nSPS) is 11.8. The van der Waals surface area contributed by atoms with Crippen LogP contribution in [0.1, 0.15) is 58.9 Å². The molecule has 0 spiro atoms. The van der Waals surface area contributed by atoms with Gasteiger partial charge in [0.25, 0.3) is 5.91 Å². The summed E-state index contributed by atoms with van der Waals surface area (Å²) in [6.45, 7) is 6.81. The zero-order valence-corrected chi connectivity index (χ0v) is 24.4. The van der Waals surface area contributed by atoms with Crippen molar-refractivity contribution in [1.82, 2.24) is 4.90 Å². The van der Waals surface area contributed by atoms with E-state index in [2.05, 4.69) is 20.8 Å². The number of carbonyl (C=O) groups is 1. The molecule has 0 radical (unpaired) electrons. The highest BCUT2D eigenvalue weighted by atomic mass is 35.5. The first kappa shape index (κ1) is 31.1. The van der Waals surface area contributed by atoms with Crippen LogP contribution < -0.4 is 4.74 Å². The Labute approximate surface area is 248 Å². The molecule has 0 aromatic heterocycles. The highest BCUT2D eigenvalue weighted by molar-refractivity contribution is 6.31. The lowest BCUT2D eigenvalue weighted by Crippen LogP contribution is -2.33. The number of halogens is 5. The largest absolute Gasteiger partial charge is 0.489 e. The maximum atomic E-state index is 15.0. The predicted octanol–water partition coefficient (Wildman–Crippen LogP) is 9.26. The number of alkyl halides is 3. The van der Waals surface area contributed by atoms with E-state index in [4.69, 9.17) is 16.3 Å². The molecular formula is C34H32ClF4NO2. The van der Waals surface area contributed by atoms with Crippen molar-refractivity contribution in [3.05, 3.63) is 135 Å². The Kier molecular flexibility index (Phi) is 9.62. The van der Waals surface area contributed by atoms with Crippen LogP contribution in [-0.2, 0) is 31.2 Å². The van der Waals surface area contributed by atoms with Crippen LogP contribution in [0.15, 0.2) is 91.0 Å². The van der Waals surface area contributed by atoms with Gasteiger partial charge in [0.05, 0.1) is 16.1 Å². The number of rotatable bonds is 9. The molecule has 1 amide bonds. The minimum atomic E-state index is -4.79. The minimum Gasteiger partial charge on any atom is -0.489 e. The Balaban J connectivity index is 1.58. The molecule has 220 valence electrons. The summed E-state index contributed by atoms with van der Waals surface area (Å²) >= 11 is 5.80. The van der Waals surface area contributed by atoms with Gasteiger partial charge in [0.15, 0.2) is 5.82 Å². The van der Waals surface area contributed by atoms with Gasteiger partial charge < -0.3 is 9.64 Å². The van der Waals surface area contributed by atoms with Gasteiger partial charge in [-0.05, 0) is 58.4 Å². The van der Waals surface area contributed by atoms with Gasteiger partial charge in [-0.1, -0.05) is 99.1 Å². The predicted molar refractivity (Wildman–Crippen MR) is 157 cm³/mol. The molecule has 0 saturated carbocycles. The van der Waals surface area contributed by atoms with Crippen LogP contribution in [0.4, 0.5) is 17.6 Å². The first-order valence-electron chi connectivity index (χ1n) is 13.5. The summed E-state index contributed by atoms with van der Waals surface area (Å²) in [7, 11) is 0. The van der Waals surface area contributed by atoms with E-state index in [0.29, 0.717) is 30.9 Å². The van der Waals surface area contributed by atoms with Gasteiger partial charge in [-0.2, -0.15) is 13.2 Å². The van der Waals surface area contributed by atoms with Crippen molar-refractivity contribution in [1.29, 1.82) is 0 Å².